The third-order valence-corrected chi connectivity index (χ3v) is 5.00. The van der Waals surface area contributed by atoms with Crippen LogP contribution in [0.2, 0.25) is 0 Å². The molecule has 1 aromatic heterocycles. The minimum atomic E-state index is -0.382. The molecular weight excluding hydrogens is 378 g/mol. The van der Waals surface area contributed by atoms with E-state index in [0.29, 0.717) is 61.3 Å². The molecule has 0 bridgehead atoms. The summed E-state index contributed by atoms with van der Waals surface area (Å²) < 4.78 is 32.7. The van der Waals surface area contributed by atoms with Gasteiger partial charge in [-0.2, -0.15) is 4.98 Å². The number of Topliss-reactive ketones (excluding diaryl/α,β-unsaturated/α-hetero) is 1. The SMILES string of the molecule is CC(=O)c1ccc(N2CCN(Cc3nc(-c4ccc(F)cc4)no3)CC2)c(F)c1. The summed E-state index contributed by atoms with van der Waals surface area (Å²) in [5, 5.41) is 3.96. The van der Waals surface area contributed by atoms with Gasteiger partial charge < -0.3 is 9.42 Å². The van der Waals surface area contributed by atoms with E-state index >= 15 is 0 Å². The Kier molecular flexibility index (Phi) is 5.35. The Hall–Kier alpha value is -3.13. The third kappa shape index (κ3) is 4.32. The topological polar surface area (TPSA) is 62.5 Å². The molecule has 2 aromatic carbocycles. The molecule has 0 unspecified atom stereocenters. The first kappa shape index (κ1) is 19.2. The van der Waals surface area contributed by atoms with Gasteiger partial charge in [0, 0.05) is 37.3 Å². The Morgan fingerprint density at radius 2 is 1.79 bits per heavy atom. The van der Waals surface area contributed by atoms with Gasteiger partial charge in [0.05, 0.1) is 12.2 Å². The molecule has 0 radical (unpaired) electrons. The molecule has 0 aliphatic carbocycles. The molecule has 4 rings (SSSR count). The summed E-state index contributed by atoms with van der Waals surface area (Å²) in [6.45, 7) is 4.63. The fraction of sp³-hybridized carbons (Fsp3) is 0.286. The smallest absolute Gasteiger partial charge is 0.241 e. The van der Waals surface area contributed by atoms with Gasteiger partial charge in [0.25, 0.3) is 0 Å². The average molecular weight is 398 g/mol. The van der Waals surface area contributed by atoms with Gasteiger partial charge >= 0.3 is 0 Å². The Morgan fingerprint density at radius 3 is 2.45 bits per heavy atom. The fourth-order valence-electron chi connectivity index (χ4n) is 3.36. The van der Waals surface area contributed by atoms with Crippen molar-refractivity contribution in [3.63, 3.8) is 0 Å². The minimum Gasteiger partial charge on any atom is -0.367 e. The van der Waals surface area contributed by atoms with Crippen LogP contribution in [0.15, 0.2) is 47.0 Å². The van der Waals surface area contributed by atoms with Crippen molar-refractivity contribution < 1.29 is 18.1 Å². The molecule has 8 heteroatoms. The lowest BCUT2D eigenvalue weighted by Crippen LogP contribution is -2.46. The second kappa shape index (κ2) is 8.08. The minimum absolute atomic E-state index is 0.153. The summed E-state index contributed by atoms with van der Waals surface area (Å²) in [5.41, 5.74) is 1.57. The molecule has 0 atom stereocenters. The third-order valence-electron chi connectivity index (χ3n) is 5.00. The van der Waals surface area contributed by atoms with E-state index in [9.17, 15) is 13.6 Å². The van der Waals surface area contributed by atoms with Crippen LogP contribution in [0.3, 0.4) is 0 Å². The van der Waals surface area contributed by atoms with Crippen LogP contribution in [0, 0.1) is 11.6 Å². The Labute approximate surface area is 166 Å². The van der Waals surface area contributed by atoms with E-state index in [2.05, 4.69) is 15.0 Å². The van der Waals surface area contributed by atoms with Crippen LogP contribution < -0.4 is 4.90 Å². The van der Waals surface area contributed by atoms with E-state index in [0.717, 1.165) is 0 Å². The normalized spacial score (nSPS) is 14.9. The van der Waals surface area contributed by atoms with Crippen molar-refractivity contribution in [1.82, 2.24) is 15.0 Å². The molecule has 2 heterocycles. The summed E-state index contributed by atoms with van der Waals surface area (Å²) in [7, 11) is 0. The summed E-state index contributed by atoms with van der Waals surface area (Å²) in [5.74, 6) is 0.0515. The first-order chi connectivity index (χ1) is 14.0. The first-order valence-corrected chi connectivity index (χ1v) is 9.36. The lowest BCUT2D eigenvalue weighted by atomic mass is 10.1. The lowest BCUT2D eigenvalue weighted by Gasteiger charge is -2.35. The monoisotopic (exact) mass is 398 g/mol. The highest BCUT2D eigenvalue weighted by molar-refractivity contribution is 5.94. The zero-order valence-electron chi connectivity index (χ0n) is 15.9. The molecule has 1 fully saturated rings. The van der Waals surface area contributed by atoms with E-state index in [-0.39, 0.29) is 17.4 Å². The van der Waals surface area contributed by atoms with E-state index in [1.54, 1.807) is 24.3 Å². The number of aromatic nitrogens is 2. The number of halogens is 2. The van der Waals surface area contributed by atoms with Gasteiger partial charge in [0.15, 0.2) is 5.78 Å². The van der Waals surface area contributed by atoms with Gasteiger partial charge in [0.2, 0.25) is 11.7 Å². The van der Waals surface area contributed by atoms with Crippen LogP contribution in [0.1, 0.15) is 23.2 Å². The van der Waals surface area contributed by atoms with Gasteiger partial charge in [-0.25, -0.2) is 8.78 Å². The zero-order chi connectivity index (χ0) is 20.4. The van der Waals surface area contributed by atoms with Crippen molar-refractivity contribution in [2.45, 2.75) is 13.5 Å². The summed E-state index contributed by atoms with van der Waals surface area (Å²) in [6.07, 6.45) is 0. The maximum Gasteiger partial charge on any atom is 0.241 e. The number of piperazine rings is 1. The molecular formula is C21H20F2N4O2. The number of hydrogen-bond donors (Lipinski definition) is 0. The predicted octanol–water partition coefficient (Wildman–Crippen LogP) is 3.54. The molecule has 0 N–H and O–H groups in total. The van der Waals surface area contributed by atoms with Crippen LogP contribution in [0.25, 0.3) is 11.4 Å². The Morgan fingerprint density at radius 1 is 1.07 bits per heavy atom. The number of nitrogens with zero attached hydrogens (tertiary/aromatic N) is 4. The second-order valence-corrected chi connectivity index (χ2v) is 7.00. The van der Waals surface area contributed by atoms with Crippen LogP contribution in [0.4, 0.5) is 14.5 Å². The van der Waals surface area contributed by atoms with Gasteiger partial charge in [0.1, 0.15) is 11.6 Å². The molecule has 1 aliphatic heterocycles. The number of carbonyl (C=O) groups excluding carboxylic acids is 1. The highest BCUT2D eigenvalue weighted by Crippen LogP contribution is 2.23. The van der Waals surface area contributed by atoms with Crippen LogP contribution in [-0.4, -0.2) is 47.0 Å². The van der Waals surface area contributed by atoms with E-state index in [1.165, 1.54) is 25.1 Å². The predicted molar refractivity (Wildman–Crippen MR) is 104 cm³/mol. The zero-order valence-corrected chi connectivity index (χ0v) is 15.9. The lowest BCUT2D eigenvalue weighted by molar-refractivity contribution is 0.101. The van der Waals surface area contributed by atoms with Crippen molar-refractivity contribution in [3.05, 3.63) is 65.6 Å². The van der Waals surface area contributed by atoms with Crippen LogP contribution in [-0.2, 0) is 6.54 Å². The highest BCUT2D eigenvalue weighted by atomic mass is 19.1. The molecule has 1 saturated heterocycles. The van der Waals surface area contributed by atoms with Crippen molar-refractivity contribution in [1.29, 1.82) is 0 Å². The second-order valence-electron chi connectivity index (χ2n) is 7.00. The number of ketones is 1. The van der Waals surface area contributed by atoms with Gasteiger partial charge in [-0.05, 0) is 49.4 Å². The number of anilines is 1. The number of carbonyl (C=O) groups is 1. The summed E-state index contributed by atoms with van der Waals surface area (Å²) >= 11 is 0. The number of hydrogen-bond acceptors (Lipinski definition) is 6. The van der Waals surface area contributed by atoms with Crippen LogP contribution >= 0.6 is 0 Å². The highest BCUT2D eigenvalue weighted by Gasteiger charge is 2.22. The first-order valence-electron chi connectivity index (χ1n) is 9.36. The van der Waals surface area contributed by atoms with Crippen LogP contribution in [0.5, 0.6) is 0 Å². The number of rotatable bonds is 5. The van der Waals surface area contributed by atoms with E-state index in [4.69, 9.17) is 4.52 Å². The standard InChI is InChI=1S/C21H20F2N4O2/c1-14(28)16-4-7-19(18(23)12-16)27-10-8-26(9-11-27)13-20-24-21(25-29-20)15-2-5-17(22)6-3-15/h2-7,12H,8-11,13H2,1H3. The van der Waals surface area contributed by atoms with Gasteiger partial charge in [-0.15, -0.1) is 0 Å². The van der Waals surface area contributed by atoms with Crippen molar-refractivity contribution in [2.24, 2.45) is 0 Å². The molecule has 6 nitrogen and oxygen atoms in total. The maximum atomic E-state index is 14.4. The van der Waals surface area contributed by atoms with E-state index in [1.807, 2.05) is 4.90 Å². The maximum absolute atomic E-state index is 14.4. The Balaban J connectivity index is 1.36. The van der Waals surface area contributed by atoms with E-state index < -0.39 is 0 Å². The molecule has 1 aliphatic rings. The average Bonchev–Trinajstić information content (AvgIpc) is 3.17. The van der Waals surface area contributed by atoms with Gasteiger partial charge in [-0.1, -0.05) is 5.16 Å². The van der Waals surface area contributed by atoms with Gasteiger partial charge in [-0.3, -0.25) is 9.69 Å². The number of benzene rings is 2. The van der Waals surface area contributed by atoms with Crippen molar-refractivity contribution in [2.75, 3.05) is 31.1 Å². The summed E-state index contributed by atoms with van der Waals surface area (Å²) in [4.78, 5) is 19.9. The summed E-state index contributed by atoms with van der Waals surface area (Å²) in [6, 6.07) is 10.5. The quantitative estimate of drug-likeness (QED) is 0.613. The van der Waals surface area contributed by atoms with Crippen molar-refractivity contribution in [3.8, 4) is 11.4 Å². The Bertz CT molecular complexity index is 1010. The van der Waals surface area contributed by atoms with Crippen molar-refractivity contribution >= 4 is 11.5 Å². The molecule has 29 heavy (non-hydrogen) atoms. The molecule has 0 saturated carbocycles. The molecule has 0 spiro atoms. The molecule has 150 valence electrons. The largest absolute Gasteiger partial charge is 0.367 e. The molecule has 0 amide bonds. The molecule has 3 aromatic rings. The fourth-order valence-corrected chi connectivity index (χ4v) is 3.36.